The monoisotopic (exact) mass is 280 g/mol. The second-order valence-electron chi connectivity index (χ2n) is 5.34. The number of hydrogen-bond acceptors (Lipinski definition) is 5. The Hall–Kier alpha value is -1.36. The van der Waals surface area contributed by atoms with Crippen LogP contribution >= 0.6 is 0 Å². The third-order valence-electron chi connectivity index (χ3n) is 3.22. The fraction of sp³-hybridized carbons (Fsp3) is 0.733. The van der Waals surface area contributed by atoms with Gasteiger partial charge in [0.2, 0.25) is 0 Å². The largest absolute Gasteiger partial charge is 0.396 e. The molecule has 0 aliphatic heterocycles. The third kappa shape index (κ3) is 5.33. The lowest BCUT2D eigenvalue weighted by atomic mass is 10.0. The Morgan fingerprint density at radius 1 is 1.20 bits per heavy atom. The molecule has 1 atom stereocenters. The molecule has 114 valence electrons. The molecule has 5 heteroatoms. The number of aryl methyl sites for hydroxylation is 1. The molecule has 0 fully saturated rings. The zero-order chi connectivity index (χ0) is 15.0. The zero-order valence-corrected chi connectivity index (χ0v) is 13.1. The van der Waals surface area contributed by atoms with Gasteiger partial charge in [0.1, 0.15) is 17.5 Å². The number of aliphatic hydroxyl groups is 1. The summed E-state index contributed by atoms with van der Waals surface area (Å²) in [4.78, 5) is 9.00. The summed E-state index contributed by atoms with van der Waals surface area (Å²) < 4.78 is 0. The van der Waals surface area contributed by atoms with Crippen LogP contribution in [0, 0.1) is 5.92 Å². The van der Waals surface area contributed by atoms with Gasteiger partial charge in [0.05, 0.1) is 0 Å². The van der Waals surface area contributed by atoms with Gasteiger partial charge in [0, 0.05) is 31.7 Å². The van der Waals surface area contributed by atoms with Crippen LogP contribution in [0.1, 0.15) is 46.4 Å². The van der Waals surface area contributed by atoms with Crippen LogP contribution in [0.2, 0.25) is 0 Å². The van der Waals surface area contributed by atoms with Gasteiger partial charge in [-0.05, 0) is 18.8 Å². The van der Waals surface area contributed by atoms with Crippen molar-refractivity contribution in [1.29, 1.82) is 0 Å². The average Bonchev–Trinajstić information content (AvgIpc) is 2.44. The van der Waals surface area contributed by atoms with Gasteiger partial charge in [-0.15, -0.1) is 0 Å². The Bertz CT molecular complexity index is 395. The summed E-state index contributed by atoms with van der Waals surface area (Å²) in [5, 5.41) is 15.9. The normalized spacial score (nSPS) is 12.5. The van der Waals surface area contributed by atoms with Gasteiger partial charge in [-0.25, -0.2) is 9.97 Å². The van der Waals surface area contributed by atoms with Crippen molar-refractivity contribution >= 4 is 11.6 Å². The Morgan fingerprint density at radius 3 is 2.45 bits per heavy atom. The van der Waals surface area contributed by atoms with Gasteiger partial charge in [0.15, 0.2) is 0 Å². The lowest BCUT2D eigenvalue weighted by molar-refractivity contribution is 0.267. The Morgan fingerprint density at radius 2 is 1.90 bits per heavy atom. The van der Waals surface area contributed by atoms with Gasteiger partial charge in [-0.1, -0.05) is 27.7 Å². The van der Waals surface area contributed by atoms with Crippen LogP contribution in [-0.2, 0) is 6.42 Å². The predicted molar refractivity (Wildman–Crippen MR) is 84.1 cm³/mol. The number of aromatic nitrogens is 2. The summed E-state index contributed by atoms with van der Waals surface area (Å²) in [5.74, 6) is 2.98. The first-order valence-corrected chi connectivity index (χ1v) is 7.59. The van der Waals surface area contributed by atoms with Crippen molar-refractivity contribution in [2.24, 2.45) is 5.92 Å². The third-order valence-corrected chi connectivity index (χ3v) is 3.22. The molecule has 1 rings (SSSR count). The second kappa shape index (κ2) is 8.74. The number of anilines is 2. The highest BCUT2D eigenvalue weighted by Gasteiger charge is 2.14. The second-order valence-corrected chi connectivity index (χ2v) is 5.34. The van der Waals surface area contributed by atoms with Crippen molar-refractivity contribution < 1.29 is 5.11 Å². The highest BCUT2D eigenvalue weighted by molar-refractivity contribution is 5.48. The molecule has 3 N–H and O–H groups in total. The Balaban J connectivity index is 2.86. The quantitative estimate of drug-likeness (QED) is 0.649. The van der Waals surface area contributed by atoms with E-state index < -0.39 is 0 Å². The minimum atomic E-state index is 0.183. The van der Waals surface area contributed by atoms with Crippen LogP contribution in [0.4, 0.5) is 11.6 Å². The van der Waals surface area contributed by atoms with Crippen molar-refractivity contribution in [2.45, 2.75) is 53.0 Å². The molecule has 0 spiro atoms. The fourth-order valence-corrected chi connectivity index (χ4v) is 1.97. The molecular formula is C15H28N4O. The molecule has 0 amide bonds. The molecule has 0 bridgehead atoms. The van der Waals surface area contributed by atoms with E-state index >= 15 is 0 Å². The Kier molecular flexibility index (Phi) is 7.30. The molecular weight excluding hydrogens is 252 g/mol. The summed E-state index contributed by atoms with van der Waals surface area (Å²) in [6, 6.07) is 2.17. The van der Waals surface area contributed by atoms with Crippen LogP contribution < -0.4 is 10.6 Å². The van der Waals surface area contributed by atoms with E-state index in [0.29, 0.717) is 5.92 Å². The van der Waals surface area contributed by atoms with E-state index in [1.807, 2.05) is 6.07 Å². The molecule has 1 heterocycles. The minimum absolute atomic E-state index is 0.183. The molecule has 0 aliphatic rings. The van der Waals surface area contributed by atoms with Crippen LogP contribution in [0.25, 0.3) is 0 Å². The molecule has 0 saturated heterocycles. The van der Waals surface area contributed by atoms with E-state index in [9.17, 15) is 0 Å². The number of hydrogen-bond donors (Lipinski definition) is 3. The lowest BCUT2D eigenvalue weighted by Crippen LogP contribution is -2.27. The minimum Gasteiger partial charge on any atom is -0.396 e. The summed E-state index contributed by atoms with van der Waals surface area (Å²) in [6.07, 6.45) is 2.59. The first-order chi connectivity index (χ1) is 9.60. The van der Waals surface area contributed by atoms with Crippen LogP contribution in [0.5, 0.6) is 0 Å². The Labute approximate surface area is 122 Å². The lowest BCUT2D eigenvalue weighted by Gasteiger charge is -2.22. The van der Waals surface area contributed by atoms with E-state index in [2.05, 4.69) is 48.3 Å². The van der Waals surface area contributed by atoms with E-state index in [1.165, 1.54) is 0 Å². The standard InChI is InChI=1S/C15H28N4O/c1-5-8-16-14-10-15(19-13(6-2)18-14)17-12(7-9-20)11(3)4/h10-12,20H,5-9H2,1-4H3,(H2,16,17,18,19). The average molecular weight is 280 g/mol. The molecule has 0 radical (unpaired) electrons. The number of aliphatic hydroxyl groups excluding tert-OH is 1. The number of nitrogens with zero attached hydrogens (tertiary/aromatic N) is 2. The maximum atomic E-state index is 9.15. The van der Waals surface area contributed by atoms with Gasteiger partial charge in [0.25, 0.3) is 0 Å². The van der Waals surface area contributed by atoms with Crippen LogP contribution in [-0.4, -0.2) is 34.3 Å². The molecule has 1 aromatic rings. The topological polar surface area (TPSA) is 70.1 Å². The molecule has 1 aromatic heterocycles. The summed E-state index contributed by atoms with van der Waals surface area (Å²) >= 11 is 0. The van der Waals surface area contributed by atoms with Crippen molar-refractivity contribution in [3.8, 4) is 0 Å². The number of nitrogens with one attached hydrogen (secondary N) is 2. The molecule has 0 saturated carbocycles. The smallest absolute Gasteiger partial charge is 0.132 e. The highest BCUT2D eigenvalue weighted by Crippen LogP contribution is 2.17. The van der Waals surface area contributed by atoms with Crippen molar-refractivity contribution in [3.63, 3.8) is 0 Å². The SMILES string of the molecule is CCCNc1cc(NC(CCO)C(C)C)nc(CC)n1. The first-order valence-electron chi connectivity index (χ1n) is 7.59. The van der Waals surface area contributed by atoms with Crippen LogP contribution in [0.15, 0.2) is 6.07 Å². The van der Waals surface area contributed by atoms with E-state index in [-0.39, 0.29) is 12.6 Å². The highest BCUT2D eigenvalue weighted by atomic mass is 16.3. The van der Waals surface area contributed by atoms with E-state index in [0.717, 1.165) is 43.3 Å². The van der Waals surface area contributed by atoms with Crippen molar-refractivity contribution in [2.75, 3.05) is 23.8 Å². The van der Waals surface area contributed by atoms with Gasteiger partial charge in [-0.3, -0.25) is 0 Å². The van der Waals surface area contributed by atoms with Gasteiger partial charge in [-0.2, -0.15) is 0 Å². The summed E-state index contributed by atoms with van der Waals surface area (Å²) in [6.45, 7) is 9.56. The molecule has 0 aliphatic carbocycles. The number of rotatable bonds is 9. The van der Waals surface area contributed by atoms with Gasteiger partial charge >= 0.3 is 0 Å². The zero-order valence-electron chi connectivity index (χ0n) is 13.1. The van der Waals surface area contributed by atoms with Crippen molar-refractivity contribution in [3.05, 3.63) is 11.9 Å². The van der Waals surface area contributed by atoms with E-state index in [1.54, 1.807) is 0 Å². The van der Waals surface area contributed by atoms with Gasteiger partial charge < -0.3 is 15.7 Å². The fourth-order valence-electron chi connectivity index (χ4n) is 1.97. The van der Waals surface area contributed by atoms with E-state index in [4.69, 9.17) is 5.11 Å². The predicted octanol–water partition coefficient (Wildman–Crippen LogP) is 2.68. The first kappa shape index (κ1) is 16.7. The van der Waals surface area contributed by atoms with Crippen molar-refractivity contribution in [1.82, 2.24) is 9.97 Å². The summed E-state index contributed by atoms with van der Waals surface area (Å²) in [5.41, 5.74) is 0. The molecule has 1 unspecified atom stereocenters. The molecule has 0 aromatic carbocycles. The summed E-state index contributed by atoms with van der Waals surface area (Å²) in [7, 11) is 0. The molecule has 5 nitrogen and oxygen atoms in total. The maximum Gasteiger partial charge on any atom is 0.132 e. The maximum absolute atomic E-state index is 9.15. The molecule has 20 heavy (non-hydrogen) atoms. The van der Waals surface area contributed by atoms with Crippen LogP contribution in [0.3, 0.4) is 0 Å².